The molecule has 3 rings (SSSR count). The molecule has 0 radical (unpaired) electrons. The number of carboxylic acid groups (broad SMARTS) is 1. The normalized spacial score (nSPS) is 20.7. The molecule has 0 unspecified atom stereocenters. The molecule has 0 spiro atoms. The van der Waals surface area contributed by atoms with Crippen LogP contribution in [0.25, 0.3) is 0 Å². The third-order valence-electron chi connectivity index (χ3n) is 3.99. The minimum atomic E-state index is -0.681. The van der Waals surface area contributed by atoms with Crippen molar-refractivity contribution in [2.24, 2.45) is 5.92 Å². The van der Waals surface area contributed by atoms with E-state index >= 15 is 0 Å². The van der Waals surface area contributed by atoms with Crippen LogP contribution in [-0.2, 0) is 10.2 Å². The van der Waals surface area contributed by atoms with Crippen molar-refractivity contribution in [2.45, 2.75) is 42.4 Å². The SMILES string of the molecule is O=C(O)CC1(c2ccc(SCC3CC3)cc2)CC1. The van der Waals surface area contributed by atoms with E-state index in [1.807, 2.05) is 11.8 Å². The van der Waals surface area contributed by atoms with Gasteiger partial charge in [0.2, 0.25) is 0 Å². The standard InChI is InChI=1S/C15H18O2S/c16-14(17)9-15(7-8-15)12-3-5-13(6-4-12)18-10-11-1-2-11/h3-6,11H,1-2,7-10H2,(H,16,17). The molecule has 2 nitrogen and oxygen atoms in total. The smallest absolute Gasteiger partial charge is 0.304 e. The van der Waals surface area contributed by atoms with Gasteiger partial charge in [-0.1, -0.05) is 12.1 Å². The Labute approximate surface area is 112 Å². The lowest BCUT2D eigenvalue weighted by Gasteiger charge is -2.13. The first-order valence-corrected chi connectivity index (χ1v) is 7.62. The maximum atomic E-state index is 10.9. The first kappa shape index (κ1) is 12.1. The molecule has 0 aromatic heterocycles. The zero-order chi connectivity index (χ0) is 12.6. The molecule has 0 amide bonds. The van der Waals surface area contributed by atoms with Crippen molar-refractivity contribution >= 4 is 17.7 Å². The van der Waals surface area contributed by atoms with Gasteiger partial charge in [-0.15, -0.1) is 11.8 Å². The summed E-state index contributed by atoms with van der Waals surface area (Å²) in [6.07, 6.45) is 5.11. The van der Waals surface area contributed by atoms with Crippen LogP contribution in [0.15, 0.2) is 29.2 Å². The minimum Gasteiger partial charge on any atom is -0.481 e. The molecule has 0 heterocycles. The summed E-state index contributed by atoms with van der Waals surface area (Å²) in [5.41, 5.74) is 1.16. The highest BCUT2D eigenvalue weighted by molar-refractivity contribution is 7.99. The highest BCUT2D eigenvalue weighted by Gasteiger charge is 2.45. The average Bonchev–Trinajstić information content (AvgIpc) is 3.22. The first-order chi connectivity index (χ1) is 8.68. The van der Waals surface area contributed by atoms with E-state index in [-0.39, 0.29) is 11.8 Å². The summed E-state index contributed by atoms with van der Waals surface area (Å²) in [5, 5.41) is 8.95. The molecule has 18 heavy (non-hydrogen) atoms. The summed E-state index contributed by atoms with van der Waals surface area (Å²) in [6, 6.07) is 8.57. The summed E-state index contributed by atoms with van der Waals surface area (Å²) < 4.78 is 0. The Bertz CT molecular complexity index is 444. The summed E-state index contributed by atoms with van der Waals surface area (Å²) >= 11 is 1.93. The Kier molecular flexibility index (Phi) is 3.10. The van der Waals surface area contributed by atoms with Crippen molar-refractivity contribution in [3.63, 3.8) is 0 Å². The average molecular weight is 262 g/mol. The van der Waals surface area contributed by atoms with E-state index in [1.165, 1.54) is 29.1 Å². The molecule has 1 aromatic rings. The predicted molar refractivity (Wildman–Crippen MR) is 73.1 cm³/mol. The molecule has 0 atom stereocenters. The maximum Gasteiger partial charge on any atom is 0.304 e. The van der Waals surface area contributed by atoms with E-state index in [0.29, 0.717) is 0 Å². The fourth-order valence-electron chi connectivity index (χ4n) is 2.41. The molecule has 2 aliphatic carbocycles. The van der Waals surface area contributed by atoms with Crippen LogP contribution in [0.5, 0.6) is 0 Å². The molecule has 1 aromatic carbocycles. The Hall–Kier alpha value is -0.960. The lowest BCUT2D eigenvalue weighted by Crippen LogP contribution is -2.12. The Balaban J connectivity index is 1.64. The van der Waals surface area contributed by atoms with Gasteiger partial charge in [0.25, 0.3) is 0 Å². The Morgan fingerprint density at radius 3 is 2.44 bits per heavy atom. The van der Waals surface area contributed by atoms with Crippen molar-refractivity contribution in [3.8, 4) is 0 Å². The van der Waals surface area contributed by atoms with E-state index in [2.05, 4.69) is 24.3 Å². The number of aliphatic carboxylic acids is 1. The van der Waals surface area contributed by atoms with Crippen molar-refractivity contribution in [3.05, 3.63) is 29.8 Å². The van der Waals surface area contributed by atoms with Gasteiger partial charge in [0, 0.05) is 16.1 Å². The lowest BCUT2D eigenvalue weighted by molar-refractivity contribution is -0.137. The highest BCUT2D eigenvalue weighted by Crippen LogP contribution is 2.51. The Morgan fingerprint density at radius 1 is 1.28 bits per heavy atom. The highest BCUT2D eigenvalue weighted by atomic mass is 32.2. The van der Waals surface area contributed by atoms with Gasteiger partial charge in [-0.3, -0.25) is 4.79 Å². The molecule has 2 fully saturated rings. The zero-order valence-electron chi connectivity index (χ0n) is 10.4. The van der Waals surface area contributed by atoms with E-state index in [1.54, 1.807) is 0 Å². The largest absolute Gasteiger partial charge is 0.481 e. The fourth-order valence-corrected chi connectivity index (χ4v) is 3.50. The number of hydrogen-bond acceptors (Lipinski definition) is 2. The molecular formula is C15H18O2S. The fraction of sp³-hybridized carbons (Fsp3) is 0.533. The molecular weight excluding hydrogens is 244 g/mol. The Morgan fingerprint density at radius 2 is 1.94 bits per heavy atom. The van der Waals surface area contributed by atoms with Gasteiger partial charge in [-0.05, 0) is 49.3 Å². The third-order valence-corrected chi connectivity index (χ3v) is 5.24. The second kappa shape index (κ2) is 4.61. The number of benzene rings is 1. The van der Waals surface area contributed by atoms with Crippen LogP contribution in [0.2, 0.25) is 0 Å². The third kappa shape index (κ3) is 2.72. The molecule has 0 bridgehead atoms. The number of rotatable bonds is 6. The zero-order valence-corrected chi connectivity index (χ0v) is 11.2. The van der Waals surface area contributed by atoms with Gasteiger partial charge in [0.15, 0.2) is 0 Å². The van der Waals surface area contributed by atoms with Crippen molar-refractivity contribution < 1.29 is 9.90 Å². The lowest BCUT2D eigenvalue weighted by atomic mass is 9.93. The second-order valence-electron chi connectivity index (χ2n) is 5.63. The summed E-state index contributed by atoms with van der Waals surface area (Å²) in [4.78, 5) is 12.2. The second-order valence-corrected chi connectivity index (χ2v) is 6.72. The first-order valence-electron chi connectivity index (χ1n) is 6.63. The van der Waals surface area contributed by atoms with Crippen LogP contribution in [0.4, 0.5) is 0 Å². The summed E-state index contributed by atoms with van der Waals surface area (Å²) in [5.74, 6) is 1.50. The van der Waals surface area contributed by atoms with Gasteiger partial charge >= 0.3 is 5.97 Å². The summed E-state index contributed by atoms with van der Waals surface area (Å²) in [6.45, 7) is 0. The maximum absolute atomic E-state index is 10.9. The van der Waals surface area contributed by atoms with E-state index in [0.717, 1.165) is 18.8 Å². The van der Waals surface area contributed by atoms with Gasteiger partial charge in [-0.25, -0.2) is 0 Å². The predicted octanol–water partition coefficient (Wildman–Crippen LogP) is 3.70. The number of carboxylic acids is 1. The van der Waals surface area contributed by atoms with Crippen LogP contribution in [0, 0.1) is 5.92 Å². The monoisotopic (exact) mass is 262 g/mol. The van der Waals surface area contributed by atoms with E-state index in [4.69, 9.17) is 5.11 Å². The quantitative estimate of drug-likeness (QED) is 0.794. The van der Waals surface area contributed by atoms with Crippen LogP contribution >= 0.6 is 11.8 Å². The molecule has 3 heteroatoms. The number of hydrogen-bond donors (Lipinski definition) is 1. The molecule has 0 saturated heterocycles. The molecule has 96 valence electrons. The summed E-state index contributed by atoms with van der Waals surface area (Å²) in [7, 11) is 0. The number of thioether (sulfide) groups is 1. The van der Waals surface area contributed by atoms with E-state index in [9.17, 15) is 4.79 Å². The van der Waals surface area contributed by atoms with Crippen LogP contribution in [0.1, 0.15) is 37.7 Å². The topological polar surface area (TPSA) is 37.3 Å². The molecule has 1 N–H and O–H groups in total. The van der Waals surface area contributed by atoms with Crippen molar-refractivity contribution in [2.75, 3.05) is 5.75 Å². The molecule has 2 aliphatic rings. The van der Waals surface area contributed by atoms with Crippen LogP contribution in [0.3, 0.4) is 0 Å². The van der Waals surface area contributed by atoms with Gasteiger partial charge in [0.1, 0.15) is 0 Å². The van der Waals surface area contributed by atoms with E-state index < -0.39 is 5.97 Å². The minimum absolute atomic E-state index is 0.0501. The van der Waals surface area contributed by atoms with Crippen molar-refractivity contribution in [1.29, 1.82) is 0 Å². The molecule has 2 saturated carbocycles. The van der Waals surface area contributed by atoms with Crippen LogP contribution < -0.4 is 0 Å². The molecule has 0 aliphatic heterocycles. The van der Waals surface area contributed by atoms with Gasteiger partial charge in [-0.2, -0.15) is 0 Å². The van der Waals surface area contributed by atoms with Crippen LogP contribution in [-0.4, -0.2) is 16.8 Å². The number of carbonyl (C=O) groups is 1. The van der Waals surface area contributed by atoms with Crippen molar-refractivity contribution in [1.82, 2.24) is 0 Å². The van der Waals surface area contributed by atoms with Gasteiger partial charge in [0.05, 0.1) is 6.42 Å². The van der Waals surface area contributed by atoms with Gasteiger partial charge < -0.3 is 5.11 Å².